The number of benzene rings is 1. The Morgan fingerprint density at radius 3 is 2.62 bits per heavy atom. The Hall–Kier alpha value is -4.75. The van der Waals surface area contributed by atoms with Crippen LogP contribution in [0, 0.1) is 12.8 Å². The number of rotatable bonds is 10. The van der Waals surface area contributed by atoms with Gasteiger partial charge in [0.05, 0.1) is 22.9 Å². The lowest BCUT2D eigenvalue weighted by Gasteiger charge is -2.23. The fourth-order valence-corrected chi connectivity index (χ4v) is 5.42. The molecule has 4 heterocycles. The number of anilines is 2. The van der Waals surface area contributed by atoms with Crippen LogP contribution in [0.1, 0.15) is 43.0 Å². The average molecular weight is 558 g/mol. The van der Waals surface area contributed by atoms with Crippen molar-refractivity contribution in [1.82, 2.24) is 25.5 Å². The van der Waals surface area contributed by atoms with E-state index >= 15 is 0 Å². The van der Waals surface area contributed by atoms with Gasteiger partial charge in [0.25, 0.3) is 0 Å². The quantitative estimate of drug-likeness (QED) is 0.195. The molecular formula is C35H39N7. The smallest absolute Gasteiger partial charge is 0.116 e. The highest BCUT2D eigenvalue weighted by Gasteiger charge is 2.15. The Kier molecular flexibility index (Phi) is 9.09. The minimum atomic E-state index is 0.664. The standard InChI is InChI=1S/C35H39N7/c1-6-33-32(17-23(2)29-19-30(22-38-21-29)39-24(3)18-27-12-15-36-16-13-27)35(42-41-33)26(5)40-34-11-7-10-31(25(34)4)28-9-8-14-37-20-28/h6-11,14,17,19-22,27,36,39-41H,2-3,5,12-13,15-16,18H2,1,4H3/b32-17+,33-6+. The van der Waals surface area contributed by atoms with Crippen LogP contribution >= 0.6 is 0 Å². The second kappa shape index (κ2) is 13.3. The van der Waals surface area contributed by atoms with Gasteiger partial charge in [0.15, 0.2) is 0 Å². The summed E-state index contributed by atoms with van der Waals surface area (Å²) in [6.45, 7) is 19.2. The first-order valence-corrected chi connectivity index (χ1v) is 14.4. The highest BCUT2D eigenvalue weighted by atomic mass is 15.1. The van der Waals surface area contributed by atoms with E-state index in [4.69, 9.17) is 0 Å². The van der Waals surface area contributed by atoms with Crippen LogP contribution in [0.5, 0.6) is 0 Å². The van der Waals surface area contributed by atoms with Gasteiger partial charge >= 0.3 is 0 Å². The molecule has 1 fully saturated rings. The summed E-state index contributed by atoms with van der Waals surface area (Å²) in [5.74, 6) is 0.664. The molecule has 3 aromatic heterocycles. The molecule has 0 unspecified atom stereocenters. The number of hydrogen-bond donors (Lipinski definition) is 4. The van der Waals surface area contributed by atoms with Gasteiger partial charge in [0.1, 0.15) is 5.69 Å². The molecule has 7 heteroatoms. The third-order valence-electron chi connectivity index (χ3n) is 7.74. The summed E-state index contributed by atoms with van der Waals surface area (Å²) in [5, 5.41) is 19.9. The lowest BCUT2D eigenvalue weighted by molar-refractivity contribution is 0.373. The van der Waals surface area contributed by atoms with E-state index in [0.717, 1.165) is 80.7 Å². The molecular weight excluding hydrogens is 518 g/mol. The van der Waals surface area contributed by atoms with Crippen molar-refractivity contribution in [3.05, 3.63) is 114 Å². The maximum atomic E-state index is 4.61. The molecule has 4 aromatic rings. The van der Waals surface area contributed by atoms with Gasteiger partial charge < -0.3 is 16.0 Å². The van der Waals surface area contributed by atoms with Gasteiger partial charge in [-0.05, 0) is 93.1 Å². The minimum absolute atomic E-state index is 0.664. The van der Waals surface area contributed by atoms with Crippen molar-refractivity contribution in [3.63, 3.8) is 0 Å². The predicted octanol–water partition coefficient (Wildman–Crippen LogP) is 5.87. The van der Waals surface area contributed by atoms with Crippen molar-refractivity contribution in [2.75, 3.05) is 23.7 Å². The summed E-state index contributed by atoms with van der Waals surface area (Å²) in [4.78, 5) is 8.75. The van der Waals surface area contributed by atoms with E-state index in [1.807, 2.05) is 55.9 Å². The molecule has 5 rings (SSSR count). The zero-order valence-electron chi connectivity index (χ0n) is 24.5. The molecule has 1 aromatic carbocycles. The first-order chi connectivity index (χ1) is 20.4. The molecule has 214 valence electrons. The monoisotopic (exact) mass is 557 g/mol. The molecule has 0 saturated carbocycles. The van der Waals surface area contributed by atoms with E-state index in [0.29, 0.717) is 11.6 Å². The molecule has 0 spiro atoms. The van der Waals surface area contributed by atoms with Crippen LogP contribution in [0.15, 0.2) is 86.6 Å². The molecule has 0 aliphatic carbocycles. The molecule has 0 amide bonds. The topological polar surface area (TPSA) is 90.6 Å². The maximum Gasteiger partial charge on any atom is 0.116 e. The van der Waals surface area contributed by atoms with Crippen LogP contribution in [0.4, 0.5) is 11.4 Å². The molecule has 0 radical (unpaired) electrons. The maximum absolute atomic E-state index is 4.61. The number of piperidine rings is 1. The lowest BCUT2D eigenvalue weighted by Crippen LogP contribution is -2.28. The number of nitrogens with zero attached hydrogens (tertiary/aromatic N) is 3. The van der Waals surface area contributed by atoms with E-state index < -0.39 is 0 Å². The second-order valence-electron chi connectivity index (χ2n) is 10.8. The van der Waals surface area contributed by atoms with E-state index in [-0.39, 0.29) is 0 Å². The number of aromatic nitrogens is 4. The molecule has 0 atom stereocenters. The predicted molar refractivity (Wildman–Crippen MR) is 176 cm³/mol. The van der Waals surface area contributed by atoms with E-state index in [9.17, 15) is 0 Å². The van der Waals surface area contributed by atoms with Crippen LogP contribution in [-0.4, -0.2) is 33.3 Å². The van der Waals surface area contributed by atoms with E-state index in [1.54, 1.807) is 6.20 Å². The molecule has 42 heavy (non-hydrogen) atoms. The van der Waals surface area contributed by atoms with Crippen LogP contribution < -0.4 is 26.5 Å². The molecule has 1 aliphatic rings. The first kappa shape index (κ1) is 28.8. The number of H-pyrrole nitrogens is 1. The normalized spacial score (nSPS) is 14.5. The number of aromatic amines is 1. The zero-order chi connectivity index (χ0) is 29.5. The summed E-state index contributed by atoms with van der Waals surface area (Å²) in [7, 11) is 0. The number of pyridine rings is 2. The van der Waals surface area contributed by atoms with E-state index in [1.165, 1.54) is 12.8 Å². The molecule has 1 saturated heterocycles. The summed E-state index contributed by atoms with van der Waals surface area (Å²) in [6, 6.07) is 12.3. The van der Waals surface area contributed by atoms with Gasteiger partial charge in [-0.25, -0.2) is 0 Å². The molecule has 4 N–H and O–H groups in total. The Morgan fingerprint density at radius 2 is 1.86 bits per heavy atom. The second-order valence-corrected chi connectivity index (χ2v) is 10.8. The third kappa shape index (κ3) is 6.75. The fourth-order valence-electron chi connectivity index (χ4n) is 5.42. The SMILES string of the molecule is C=C(CC1CCNCC1)Nc1cncc(C(=C)/C=c2/c(C(=C)Nc3cccc(-c4cccnc4)c3C)n[nH]/c2=C/C)c1. The third-order valence-corrected chi connectivity index (χ3v) is 7.74. The van der Waals surface area contributed by atoms with Gasteiger partial charge in [-0.3, -0.25) is 15.1 Å². The van der Waals surface area contributed by atoms with E-state index in [2.05, 4.69) is 81.0 Å². The largest absolute Gasteiger partial charge is 0.358 e. The van der Waals surface area contributed by atoms with Crippen LogP contribution in [0.3, 0.4) is 0 Å². The molecule has 1 aliphatic heterocycles. The summed E-state index contributed by atoms with van der Waals surface area (Å²) >= 11 is 0. The first-order valence-electron chi connectivity index (χ1n) is 14.4. The van der Waals surface area contributed by atoms with Crippen molar-refractivity contribution in [3.8, 4) is 11.1 Å². The summed E-state index contributed by atoms with van der Waals surface area (Å²) in [6.07, 6.45) is 14.7. The summed E-state index contributed by atoms with van der Waals surface area (Å²) < 4.78 is 0. The number of hydrogen-bond acceptors (Lipinski definition) is 6. The van der Waals surface area contributed by atoms with Crippen LogP contribution in [-0.2, 0) is 0 Å². The van der Waals surface area contributed by atoms with Crippen molar-refractivity contribution in [2.45, 2.75) is 33.1 Å². The molecule has 7 nitrogen and oxygen atoms in total. The highest BCUT2D eigenvalue weighted by molar-refractivity contribution is 5.89. The fraction of sp³-hybridized carbons (Fsp3) is 0.229. The summed E-state index contributed by atoms with van der Waals surface area (Å²) in [5.41, 5.74) is 9.33. The number of allylic oxidation sites excluding steroid dienone is 2. The van der Waals surface area contributed by atoms with Crippen molar-refractivity contribution < 1.29 is 0 Å². The Labute approximate surface area is 247 Å². The highest BCUT2D eigenvalue weighted by Crippen LogP contribution is 2.29. The van der Waals surface area contributed by atoms with Crippen molar-refractivity contribution >= 4 is 34.8 Å². The zero-order valence-corrected chi connectivity index (χ0v) is 24.5. The van der Waals surface area contributed by atoms with Crippen LogP contribution in [0.25, 0.3) is 34.5 Å². The van der Waals surface area contributed by atoms with Gasteiger partial charge in [0.2, 0.25) is 0 Å². The Bertz CT molecular complexity index is 1710. The average Bonchev–Trinajstić information content (AvgIpc) is 3.41. The Balaban J connectivity index is 1.36. The van der Waals surface area contributed by atoms with Gasteiger partial charge in [-0.15, -0.1) is 0 Å². The Morgan fingerprint density at radius 1 is 1.02 bits per heavy atom. The van der Waals surface area contributed by atoms with Gasteiger partial charge in [-0.2, -0.15) is 5.10 Å². The lowest BCUT2D eigenvalue weighted by atomic mass is 9.93. The number of nitrogens with one attached hydrogen (secondary N) is 4. The van der Waals surface area contributed by atoms with Crippen LogP contribution in [0.2, 0.25) is 0 Å². The molecule has 0 bridgehead atoms. The van der Waals surface area contributed by atoms with Crippen molar-refractivity contribution in [2.24, 2.45) is 5.92 Å². The van der Waals surface area contributed by atoms with Gasteiger partial charge in [0, 0.05) is 46.3 Å². The minimum Gasteiger partial charge on any atom is -0.358 e. The van der Waals surface area contributed by atoms with Crippen molar-refractivity contribution in [1.29, 1.82) is 0 Å². The van der Waals surface area contributed by atoms with Gasteiger partial charge in [-0.1, -0.05) is 44.0 Å².